The van der Waals surface area contributed by atoms with E-state index in [0.29, 0.717) is 41.3 Å². The molecule has 2 atom stereocenters. The number of anilines is 2. The number of amides is 1. The average Bonchev–Trinajstić information content (AvgIpc) is 2.96. The standard InChI is InChI=1S/C30H32N6O4/c1-39-25-15-18(14-21-16-33-30(32)35-29(21)31)13-19(28(25)40-2)11-12-26(38)36-27(23-9-5-6-10-24(23)37)22-8-4-3-7-20(22)17-34-36/h3-4,7-8,11-13,15-17,23,27H,5-6,9-10,14H2,1-2H3,(H4,31,32,33,35)/b12-11+. The van der Waals surface area contributed by atoms with Gasteiger partial charge in [0.25, 0.3) is 5.91 Å². The first-order chi connectivity index (χ1) is 19.4. The van der Waals surface area contributed by atoms with E-state index < -0.39 is 6.04 Å². The van der Waals surface area contributed by atoms with Gasteiger partial charge in [-0.25, -0.2) is 9.99 Å². The Hall–Kier alpha value is -4.73. The molecule has 0 spiro atoms. The summed E-state index contributed by atoms with van der Waals surface area (Å²) in [6, 6.07) is 11.1. The van der Waals surface area contributed by atoms with Gasteiger partial charge in [-0.3, -0.25) is 9.59 Å². The Morgan fingerprint density at radius 2 is 1.98 bits per heavy atom. The summed E-state index contributed by atoms with van der Waals surface area (Å²) in [5.74, 6) is 0.913. The van der Waals surface area contributed by atoms with Crippen LogP contribution in [0.3, 0.4) is 0 Å². The lowest BCUT2D eigenvalue weighted by Gasteiger charge is -2.37. The highest BCUT2D eigenvalue weighted by molar-refractivity contribution is 5.96. The Bertz CT molecular complexity index is 1500. The van der Waals surface area contributed by atoms with Crippen molar-refractivity contribution >= 4 is 35.7 Å². The number of nitrogen functional groups attached to an aromatic ring is 2. The zero-order chi connectivity index (χ0) is 28.2. The van der Waals surface area contributed by atoms with Crippen LogP contribution < -0.4 is 20.9 Å². The third-order valence-corrected chi connectivity index (χ3v) is 7.39. The van der Waals surface area contributed by atoms with Crippen molar-refractivity contribution in [3.8, 4) is 11.5 Å². The molecule has 0 saturated heterocycles. The SMILES string of the molecule is COc1cc(Cc2cnc(N)nc2N)cc(/C=C/C(=O)N2N=Cc3ccccc3C2C2CCCCC2=O)c1OC. The first-order valence-corrected chi connectivity index (χ1v) is 13.2. The van der Waals surface area contributed by atoms with E-state index in [1.54, 1.807) is 32.7 Å². The second-order valence-electron chi connectivity index (χ2n) is 9.89. The Balaban J connectivity index is 1.47. The monoisotopic (exact) mass is 540 g/mol. The molecule has 3 aromatic rings. The molecule has 1 saturated carbocycles. The molecule has 2 aliphatic rings. The first-order valence-electron chi connectivity index (χ1n) is 13.2. The van der Waals surface area contributed by atoms with Crippen molar-refractivity contribution in [2.75, 3.05) is 25.7 Å². The maximum absolute atomic E-state index is 13.6. The number of nitrogens with two attached hydrogens (primary N) is 2. The number of hydrogen-bond acceptors (Lipinski definition) is 9. The summed E-state index contributed by atoms with van der Waals surface area (Å²) >= 11 is 0. The molecule has 1 fully saturated rings. The first kappa shape index (κ1) is 26.9. The number of methoxy groups -OCH3 is 2. The lowest BCUT2D eigenvalue weighted by Crippen LogP contribution is -2.40. The zero-order valence-electron chi connectivity index (χ0n) is 22.5. The highest BCUT2D eigenvalue weighted by Crippen LogP contribution is 2.40. The minimum atomic E-state index is -0.456. The topological polar surface area (TPSA) is 146 Å². The summed E-state index contributed by atoms with van der Waals surface area (Å²) in [5, 5.41) is 5.94. The Kier molecular flexibility index (Phi) is 7.77. The number of Topliss-reactive ketones (excluding diaryl/α,β-unsaturated/α-hetero) is 1. The maximum Gasteiger partial charge on any atom is 0.267 e. The molecule has 5 rings (SSSR count). The third kappa shape index (κ3) is 5.38. The van der Waals surface area contributed by atoms with Crippen LogP contribution in [0.2, 0.25) is 0 Å². The van der Waals surface area contributed by atoms with Crippen LogP contribution in [0.25, 0.3) is 6.08 Å². The molecule has 0 radical (unpaired) electrons. The van der Waals surface area contributed by atoms with Gasteiger partial charge in [-0.15, -0.1) is 0 Å². The van der Waals surface area contributed by atoms with Crippen molar-refractivity contribution in [2.24, 2.45) is 11.0 Å². The molecule has 2 heterocycles. The van der Waals surface area contributed by atoms with Gasteiger partial charge >= 0.3 is 0 Å². The van der Waals surface area contributed by atoms with E-state index in [-0.39, 0.29) is 23.6 Å². The summed E-state index contributed by atoms with van der Waals surface area (Å²) < 4.78 is 11.2. The number of fused-ring (bicyclic) bond motifs is 1. The third-order valence-electron chi connectivity index (χ3n) is 7.39. The Morgan fingerprint density at radius 1 is 1.15 bits per heavy atom. The fourth-order valence-corrected chi connectivity index (χ4v) is 5.46. The van der Waals surface area contributed by atoms with Crippen molar-refractivity contribution in [1.82, 2.24) is 15.0 Å². The van der Waals surface area contributed by atoms with Crippen molar-refractivity contribution in [2.45, 2.75) is 38.1 Å². The quantitative estimate of drug-likeness (QED) is 0.429. The predicted octanol–water partition coefficient (Wildman–Crippen LogP) is 3.94. The summed E-state index contributed by atoms with van der Waals surface area (Å²) in [6.07, 6.45) is 9.89. The van der Waals surface area contributed by atoms with Crippen LogP contribution in [-0.2, 0) is 16.0 Å². The normalized spacial score (nSPS) is 18.6. The second-order valence-corrected chi connectivity index (χ2v) is 9.89. The highest BCUT2D eigenvalue weighted by Gasteiger charge is 2.39. The molecule has 0 bridgehead atoms. The van der Waals surface area contributed by atoms with Gasteiger partial charge in [-0.05, 0) is 47.7 Å². The van der Waals surface area contributed by atoms with Gasteiger partial charge in [0.15, 0.2) is 11.5 Å². The van der Waals surface area contributed by atoms with Gasteiger partial charge in [0.2, 0.25) is 5.95 Å². The number of benzene rings is 2. The van der Waals surface area contributed by atoms with Crippen LogP contribution in [0.5, 0.6) is 11.5 Å². The number of hydrogen-bond donors (Lipinski definition) is 2. The predicted molar refractivity (Wildman–Crippen MR) is 153 cm³/mol. The van der Waals surface area contributed by atoms with E-state index in [0.717, 1.165) is 36.0 Å². The van der Waals surface area contributed by atoms with Gasteiger partial charge in [0.05, 0.1) is 26.5 Å². The smallest absolute Gasteiger partial charge is 0.267 e. The van der Waals surface area contributed by atoms with E-state index in [1.807, 2.05) is 36.4 Å². The van der Waals surface area contributed by atoms with Crippen LogP contribution in [0.15, 0.2) is 53.8 Å². The lowest BCUT2D eigenvalue weighted by atomic mass is 9.78. The molecule has 1 aliphatic heterocycles. The Morgan fingerprint density at radius 3 is 2.73 bits per heavy atom. The molecule has 206 valence electrons. The number of carbonyl (C=O) groups excluding carboxylic acids is 2. The number of aromatic nitrogens is 2. The zero-order valence-corrected chi connectivity index (χ0v) is 22.5. The van der Waals surface area contributed by atoms with Gasteiger partial charge in [0, 0.05) is 42.2 Å². The van der Waals surface area contributed by atoms with Crippen LogP contribution in [0.4, 0.5) is 11.8 Å². The summed E-state index contributed by atoms with van der Waals surface area (Å²) in [7, 11) is 3.09. The largest absolute Gasteiger partial charge is 0.493 e. The molecule has 1 aliphatic carbocycles. The maximum atomic E-state index is 13.6. The number of nitrogens with zero attached hydrogens (tertiary/aromatic N) is 4. The summed E-state index contributed by atoms with van der Waals surface area (Å²) in [6.45, 7) is 0. The molecule has 10 heteroatoms. The van der Waals surface area contributed by atoms with Crippen molar-refractivity contribution in [1.29, 1.82) is 0 Å². The van der Waals surface area contributed by atoms with Gasteiger partial charge in [0.1, 0.15) is 11.6 Å². The lowest BCUT2D eigenvalue weighted by molar-refractivity contribution is -0.134. The highest BCUT2D eigenvalue weighted by atomic mass is 16.5. The fourth-order valence-electron chi connectivity index (χ4n) is 5.46. The van der Waals surface area contributed by atoms with Crippen LogP contribution >= 0.6 is 0 Å². The molecule has 4 N–H and O–H groups in total. The average molecular weight is 541 g/mol. The van der Waals surface area contributed by atoms with Gasteiger partial charge in [-0.2, -0.15) is 10.1 Å². The summed E-state index contributed by atoms with van der Waals surface area (Å²) in [4.78, 5) is 34.7. The van der Waals surface area contributed by atoms with E-state index in [9.17, 15) is 9.59 Å². The minimum absolute atomic E-state index is 0.104. The van der Waals surface area contributed by atoms with Crippen LogP contribution in [-0.4, -0.2) is 47.1 Å². The van der Waals surface area contributed by atoms with E-state index in [1.165, 1.54) is 11.1 Å². The number of hydrazone groups is 1. The van der Waals surface area contributed by atoms with E-state index in [4.69, 9.17) is 20.9 Å². The molecule has 1 amide bonds. The van der Waals surface area contributed by atoms with Gasteiger partial charge in [-0.1, -0.05) is 30.7 Å². The van der Waals surface area contributed by atoms with Crippen LogP contribution in [0.1, 0.15) is 59.5 Å². The number of ether oxygens (including phenoxy) is 2. The van der Waals surface area contributed by atoms with E-state index >= 15 is 0 Å². The van der Waals surface area contributed by atoms with Crippen molar-refractivity contribution in [3.63, 3.8) is 0 Å². The van der Waals surface area contributed by atoms with Crippen molar-refractivity contribution < 1.29 is 19.1 Å². The molecule has 10 nitrogen and oxygen atoms in total. The second kappa shape index (κ2) is 11.6. The number of rotatable bonds is 7. The fraction of sp³-hybridized carbons (Fsp3) is 0.300. The Labute approximate surface area is 232 Å². The molecular formula is C30H32N6O4. The number of ketones is 1. The molecule has 1 aromatic heterocycles. The molecule has 40 heavy (non-hydrogen) atoms. The van der Waals surface area contributed by atoms with Gasteiger partial charge < -0.3 is 20.9 Å². The molecule has 2 unspecified atom stereocenters. The minimum Gasteiger partial charge on any atom is -0.493 e. The molecule has 2 aromatic carbocycles. The van der Waals surface area contributed by atoms with E-state index in [2.05, 4.69) is 15.1 Å². The van der Waals surface area contributed by atoms with Crippen LogP contribution in [0, 0.1) is 5.92 Å². The number of carbonyl (C=O) groups is 2. The molecular weight excluding hydrogens is 508 g/mol. The van der Waals surface area contributed by atoms with Crippen molar-refractivity contribution in [3.05, 3.63) is 76.5 Å². The summed E-state index contributed by atoms with van der Waals surface area (Å²) in [5.41, 5.74) is 15.7.